The molecule has 0 spiro atoms. The zero-order valence-corrected chi connectivity index (χ0v) is 17.6. The summed E-state index contributed by atoms with van der Waals surface area (Å²) in [7, 11) is 0. The molecule has 1 atom stereocenters. The molecule has 4 rings (SSSR count). The number of ether oxygens (including phenoxy) is 2. The number of halogens is 1. The van der Waals surface area contributed by atoms with Crippen LogP contribution in [0, 0.1) is 5.82 Å². The lowest BCUT2D eigenvalue weighted by molar-refractivity contribution is -0.122. The standard InChI is InChI=1S/C25H23FN2O4/c1-2-21(18-7-12-22-23(13-18)32-15-31-22)25(30)27-14-16-3-10-20(11-4-16)28-24(29)17-5-8-19(26)9-6-17/h3-13,21H,2,14-15H2,1H3,(H,27,30)(H,28,29). The van der Waals surface area contributed by atoms with Gasteiger partial charge in [-0.05, 0) is 66.1 Å². The summed E-state index contributed by atoms with van der Waals surface area (Å²) in [5.74, 6) is 0.277. The zero-order valence-electron chi connectivity index (χ0n) is 17.6. The summed E-state index contributed by atoms with van der Waals surface area (Å²) in [6.45, 7) is 2.53. The topological polar surface area (TPSA) is 76.7 Å². The Labute approximate surface area is 185 Å². The van der Waals surface area contributed by atoms with Gasteiger partial charge in [-0.25, -0.2) is 4.39 Å². The molecule has 0 saturated carbocycles. The third-order valence-corrected chi connectivity index (χ3v) is 5.31. The molecule has 164 valence electrons. The van der Waals surface area contributed by atoms with Crippen LogP contribution in [0.1, 0.15) is 40.7 Å². The Kier molecular flexibility index (Phi) is 6.35. The van der Waals surface area contributed by atoms with Crippen molar-refractivity contribution in [2.75, 3.05) is 12.1 Å². The number of hydrogen-bond acceptors (Lipinski definition) is 4. The van der Waals surface area contributed by atoms with Crippen LogP contribution in [0.25, 0.3) is 0 Å². The summed E-state index contributed by atoms with van der Waals surface area (Å²) in [6, 6.07) is 18.1. The third-order valence-electron chi connectivity index (χ3n) is 5.31. The molecule has 2 N–H and O–H groups in total. The van der Waals surface area contributed by atoms with Gasteiger partial charge in [0.25, 0.3) is 5.91 Å². The van der Waals surface area contributed by atoms with E-state index in [2.05, 4.69) is 10.6 Å². The first-order valence-corrected chi connectivity index (χ1v) is 10.4. The van der Waals surface area contributed by atoms with Crippen molar-refractivity contribution in [3.8, 4) is 11.5 Å². The summed E-state index contributed by atoms with van der Waals surface area (Å²) >= 11 is 0. The van der Waals surface area contributed by atoms with E-state index in [-0.39, 0.29) is 24.5 Å². The van der Waals surface area contributed by atoms with Gasteiger partial charge in [-0.1, -0.05) is 25.1 Å². The van der Waals surface area contributed by atoms with Crippen LogP contribution in [0.5, 0.6) is 11.5 Å². The Morgan fingerprint density at radius 2 is 1.69 bits per heavy atom. The number of carbonyl (C=O) groups excluding carboxylic acids is 2. The fraction of sp³-hybridized carbons (Fsp3) is 0.200. The van der Waals surface area contributed by atoms with Crippen LogP contribution in [0.2, 0.25) is 0 Å². The first kappa shape index (κ1) is 21.4. The predicted molar refractivity (Wildman–Crippen MR) is 118 cm³/mol. The number of amides is 2. The average molecular weight is 434 g/mol. The number of fused-ring (bicyclic) bond motifs is 1. The molecule has 0 saturated heterocycles. The Balaban J connectivity index is 1.33. The Bertz CT molecular complexity index is 1110. The lowest BCUT2D eigenvalue weighted by atomic mass is 9.95. The highest BCUT2D eigenvalue weighted by molar-refractivity contribution is 6.04. The number of carbonyl (C=O) groups is 2. The molecule has 3 aromatic carbocycles. The van der Waals surface area contributed by atoms with E-state index in [0.717, 1.165) is 11.1 Å². The van der Waals surface area contributed by atoms with Crippen LogP contribution in [0.4, 0.5) is 10.1 Å². The second kappa shape index (κ2) is 9.51. The van der Waals surface area contributed by atoms with E-state index in [0.29, 0.717) is 35.7 Å². The highest BCUT2D eigenvalue weighted by Gasteiger charge is 2.22. The van der Waals surface area contributed by atoms with Gasteiger partial charge < -0.3 is 20.1 Å². The summed E-state index contributed by atoms with van der Waals surface area (Å²) in [5.41, 5.74) is 2.77. The van der Waals surface area contributed by atoms with Gasteiger partial charge in [-0.2, -0.15) is 0 Å². The molecule has 0 bridgehead atoms. The fourth-order valence-electron chi connectivity index (χ4n) is 3.53. The normalized spacial score (nSPS) is 12.8. The second-order valence-corrected chi connectivity index (χ2v) is 7.45. The highest BCUT2D eigenvalue weighted by Crippen LogP contribution is 2.35. The van der Waals surface area contributed by atoms with Gasteiger partial charge in [0.05, 0.1) is 5.92 Å². The van der Waals surface area contributed by atoms with E-state index in [1.165, 1.54) is 24.3 Å². The van der Waals surface area contributed by atoms with Gasteiger partial charge in [0, 0.05) is 17.8 Å². The monoisotopic (exact) mass is 434 g/mol. The SMILES string of the molecule is CCC(C(=O)NCc1ccc(NC(=O)c2ccc(F)cc2)cc1)c1ccc2c(c1)OCO2. The van der Waals surface area contributed by atoms with Gasteiger partial charge >= 0.3 is 0 Å². The van der Waals surface area contributed by atoms with Crippen molar-refractivity contribution in [3.05, 3.63) is 89.2 Å². The van der Waals surface area contributed by atoms with Crippen LogP contribution in [0.3, 0.4) is 0 Å². The Morgan fingerprint density at radius 3 is 2.41 bits per heavy atom. The molecule has 32 heavy (non-hydrogen) atoms. The van der Waals surface area contributed by atoms with Crippen LogP contribution >= 0.6 is 0 Å². The number of benzene rings is 3. The minimum Gasteiger partial charge on any atom is -0.454 e. The van der Waals surface area contributed by atoms with Crippen molar-refractivity contribution in [2.24, 2.45) is 0 Å². The molecule has 1 aliphatic heterocycles. The molecule has 2 amide bonds. The molecule has 0 radical (unpaired) electrons. The van der Waals surface area contributed by atoms with E-state index < -0.39 is 5.82 Å². The van der Waals surface area contributed by atoms with Crippen LogP contribution in [-0.2, 0) is 11.3 Å². The van der Waals surface area contributed by atoms with Crippen molar-refractivity contribution >= 4 is 17.5 Å². The van der Waals surface area contributed by atoms with E-state index in [1.54, 1.807) is 12.1 Å². The first-order chi connectivity index (χ1) is 15.5. The molecule has 1 aliphatic rings. The van der Waals surface area contributed by atoms with Crippen molar-refractivity contribution in [1.29, 1.82) is 0 Å². The lowest BCUT2D eigenvalue weighted by Gasteiger charge is -2.16. The van der Waals surface area contributed by atoms with Crippen molar-refractivity contribution in [2.45, 2.75) is 25.8 Å². The third kappa shape index (κ3) is 4.88. The zero-order chi connectivity index (χ0) is 22.5. The first-order valence-electron chi connectivity index (χ1n) is 10.4. The van der Waals surface area contributed by atoms with Gasteiger partial charge in [0.1, 0.15) is 5.82 Å². The fourth-order valence-corrected chi connectivity index (χ4v) is 3.53. The van der Waals surface area contributed by atoms with Crippen molar-refractivity contribution in [3.63, 3.8) is 0 Å². The summed E-state index contributed by atoms with van der Waals surface area (Å²) < 4.78 is 23.7. The molecule has 1 unspecified atom stereocenters. The van der Waals surface area contributed by atoms with E-state index >= 15 is 0 Å². The van der Waals surface area contributed by atoms with Crippen molar-refractivity contribution < 1.29 is 23.5 Å². The lowest BCUT2D eigenvalue weighted by Crippen LogP contribution is -2.28. The summed E-state index contributed by atoms with van der Waals surface area (Å²) in [4.78, 5) is 25.0. The van der Waals surface area contributed by atoms with E-state index in [9.17, 15) is 14.0 Å². The highest BCUT2D eigenvalue weighted by atomic mass is 19.1. The number of anilines is 1. The maximum atomic E-state index is 13.0. The molecule has 6 nitrogen and oxygen atoms in total. The minimum atomic E-state index is -0.392. The number of rotatable bonds is 7. The molecule has 0 aromatic heterocycles. The molecular weight excluding hydrogens is 411 g/mol. The largest absolute Gasteiger partial charge is 0.454 e. The van der Waals surface area contributed by atoms with Crippen molar-refractivity contribution in [1.82, 2.24) is 5.32 Å². The number of hydrogen-bond donors (Lipinski definition) is 2. The van der Waals surface area contributed by atoms with Crippen LogP contribution < -0.4 is 20.1 Å². The minimum absolute atomic E-state index is 0.0694. The molecule has 7 heteroatoms. The predicted octanol–water partition coefficient (Wildman–Crippen LogP) is 4.62. The van der Waals surface area contributed by atoms with Crippen LogP contribution in [-0.4, -0.2) is 18.6 Å². The van der Waals surface area contributed by atoms with Gasteiger partial charge in [-0.15, -0.1) is 0 Å². The molecule has 3 aromatic rings. The molecule has 1 heterocycles. The summed E-state index contributed by atoms with van der Waals surface area (Å²) in [6.07, 6.45) is 0.653. The Morgan fingerprint density at radius 1 is 0.969 bits per heavy atom. The van der Waals surface area contributed by atoms with E-state index in [4.69, 9.17) is 9.47 Å². The van der Waals surface area contributed by atoms with Gasteiger partial charge in [0.2, 0.25) is 12.7 Å². The van der Waals surface area contributed by atoms with Gasteiger partial charge in [-0.3, -0.25) is 9.59 Å². The molecule has 0 fully saturated rings. The number of nitrogens with one attached hydrogen (secondary N) is 2. The second-order valence-electron chi connectivity index (χ2n) is 7.45. The average Bonchev–Trinajstić information content (AvgIpc) is 3.27. The van der Waals surface area contributed by atoms with Gasteiger partial charge in [0.15, 0.2) is 11.5 Å². The molecule has 0 aliphatic carbocycles. The maximum absolute atomic E-state index is 13.0. The van der Waals surface area contributed by atoms with E-state index in [1.807, 2.05) is 37.3 Å². The summed E-state index contributed by atoms with van der Waals surface area (Å²) in [5, 5.41) is 5.74. The van der Waals surface area contributed by atoms with Crippen LogP contribution in [0.15, 0.2) is 66.7 Å². The molecular formula is C25H23FN2O4. The quantitative estimate of drug-likeness (QED) is 0.569. The maximum Gasteiger partial charge on any atom is 0.255 e. The Hall–Kier alpha value is -3.87. The smallest absolute Gasteiger partial charge is 0.255 e.